The molecule has 7 rings (SSSR count). The maximum atomic E-state index is 14.4. The fourth-order valence-electron chi connectivity index (χ4n) is 7.31. The summed E-state index contributed by atoms with van der Waals surface area (Å²) in [6.07, 6.45) is 0.735. The zero-order chi connectivity index (χ0) is 47.6. The summed E-state index contributed by atoms with van der Waals surface area (Å²) in [5.74, 6) is -5.90. The third-order valence-electron chi connectivity index (χ3n) is 10.5. The first-order valence-corrected chi connectivity index (χ1v) is 21.4. The number of hydrogen-bond donors (Lipinski definition) is 6. The summed E-state index contributed by atoms with van der Waals surface area (Å²) in [6, 6.07) is 28.7. The first-order chi connectivity index (χ1) is 31.3. The van der Waals surface area contributed by atoms with E-state index in [-0.39, 0.29) is 30.1 Å². The number of carboxylic acids is 1. The molecule has 4 heterocycles. The number of esters is 1. The molecule has 342 valence electrons. The third-order valence-corrected chi connectivity index (χ3v) is 11.2. The van der Waals surface area contributed by atoms with Crippen LogP contribution < -0.4 is 21.4 Å². The number of carbonyl (C=O) groups is 5. The summed E-state index contributed by atoms with van der Waals surface area (Å²) in [7, 11) is 0. The van der Waals surface area contributed by atoms with Gasteiger partial charge in [0.25, 0.3) is 17.7 Å². The van der Waals surface area contributed by atoms with Crippen molar-refractivity contribution in [2.75, 3.05) is 18.4 Å². The number of fused-ring (bicyclic) bond motifs is 1. The van der Waals surface area contributed by atoms with Crippen LogP contribution in [0.15, 0.2) is 130 Å². The number of rotatable bonds is 15. The molecule has 0 bridgehead atoms. The Bertz CT molecular complexity index is 2710. The first-order valence-electron chi connectivity index (χ1n) is 20.5. The lowest BCUT2D eigenvalue weighted by Crippen LogP contribution is -2.46. The Labute approximate surface area is 381 Å². The van der Waals surface area contributed by atoms with Gasteiger partial charge in [-0.25, -0.2) is 24.6 Å². The smallest absolute Gasteiger partial charge is 0.354 e. The van der Waals surface area contributed by atoms with E-state index < -0.39 is 81.6 Å². The number of hydrazine groups is 1. The maximum Gasteiger partial charge on any atom is 0.354 e. The second-order valence-corrected chi connectivity index (χ2v) is 17.6. The van der Waals surface area contributed by atoms with Crippen molar-refractivity contribution in [2.45, 2.75) is 63.9 Å². The van der Waals surface area contributed by atoms with Crippen molar-refractivity contribution < 1.29 is 49.0 Å². The molecule has 1 atom stereocenters. The van der Waals surface area contributed by atoms with Crippen LogP contribution in [0.25, 0.3) is 0 Å². The van der Waals surface area contributed by atoms with Gasteiger partial charge in [-0.15, -0.1) is 11.3 Å². The fraction of sp³-hybridized carbons (Fsp3) is 0.261. The Morgan fingerprint density at radius 2 is 1.47 bits per heavy atom. The topological polar surface area (TPSA) is 254 Å². The Morgan fingerprint density at radius 1 is 0.894 bits per heavy atom. The molecule has 2 aliphatic rings. The average Bonchev–Trinajstić information content (AvgIpc) is 3.98. The number of benzene rings is 3. The third kappa shape index (κ3) is 9.49. The Kier molecular flexibility index (Phi) is 12.8. The molecule has 3 aromatic carbocycles. The molecule has 0 aliphatic carbocycles. The van der Waals surface area contributed by atoms with Crippen LogP contribution >= 0.6 is 11.3 Å². The zero-order valence-corrected chi connectivity index (χ0v) is 37.2. The number of aromatic nitrogens is 2. The van der Waals surface area contributed by atoms with Crippen molar-refractivity contribution in [1.82, 2.24) is 30.4 Å². The molecule has 20 heteroatoms. The maximum absolute atomic E-state index is 14.4. The van der Waals surface area contributed by atoms with Crippen molar-refractivity contribution >= 4 is 51.8 Å². The summed E-state index contributed by atoms with van der Waals surface area (Å²) in [4.78, 5) is 89.8. The standard InChI is InChI=1S/C46H46N8O11S/c1-44(2,3)64-42(62)45(4,5)65-51-36(33-26-66-43(49-33)50-46(27-15-9-6-10-16-27,28-17-11-7-12-18-28)29-19-13-8-14-20-29)39(58)48-32-24-52-23-31(37(41(60)61)54(52)40(32)59)38(57)47-22-30-21-34(55)35(56)25-53(30)63/h6-21,25-26,32,56,63H,22-24H2,1-5H3,(H,47,57)(H,48,58)(H,49,50)(H,60,61). The van der Waals surface area contributed by atoms with E-state index >= 15 is 0 Å². The molecule has 0 spiro atoms. The molecule has 0 radical (unpaired) electrons. The van der Waals surface area contributed by atoms with E-state index in [2.05, 4.69) is 21.1 Å². The Hall–Kier alpha value is -7.84. The number of carbonyl (C=O) groups excluding carboxylic acids is 4. The van der Waals surface area contributed by atoms with Crippen molar-refractivity contribution in [3.8, 4) is 5.75 Å². The number of oxime groups is 1. The number of nitrogens with one attached hydrogen (secondary N) is 3. The van der Waals surface area contributed by atoms with Gasteiger partial charge >= 0.3 is 11.9 Å². The average molecular weight is 919 g/mol. The molecule has 1 saturated heterocycles. The number of thiazole rings is 1. The number of carboxylic acid groups (broad SMARTS) is 1. The molecule has 19 nitrogen and oxygen atoms in total. The molecule has 2 aromatic heterocycles. The largest absolute Gasteiger partial charge is 0.503 e. The van der Waals surface area contributed by atoms with E-state index in [4.69, 9.17) is 14.6 Å². The van der Waals surface area contributed by atoms with E-state index in [9.17, 15) is 44.2 Å². The van der Waals surface area contributed by atoms with Crippen LogP contribution in [0, 0.1) is 0 Å². The monoisotopic (exact) mass is 918 g/mol. The predicted molar refractivity (Wildman–Crippen MR) is 239 cm³/mol. The molecular formula is C46H46N8O11S. The van der Waals surface area contributed by atoms with E-state index in [1.54, 1.807) is 26.2 Å². The molecule has 0 saturated carbocycles. The van der Waals surface area contributed by atoms with Gasteiger partial charge < -0.3 is 40.9 Å². The lowest BCUT2D eigenvalue weighted by atomic mass is 9.77. The molecule has 2 aliphatic heterocycles. The predicted octanol–water partition coefficient (Wildman–Crippen LogP) is 3.71. The number of anilines is 1. The van der Waals surface area contributed by atoms with Crippen LogP contribution in [0.2, 0.25) is 0 Å². The molecule has 6 N–H and O–H groups in total. The number of aliphatic carboxylic acids is 1. The number of nitrogens with zero attached hydrogens (tertiary/aromatic N) is 5. The van der Waals surface area contributed by atoms with Gasteiger partial charge in [0, 0.05) is 18.0 Å². The number of ether oxygens (including phenoxy) is 1. The number of hydrogen-bond acceptors (Lipinski definition) is 15. The highest BCUT2D eigenvalue weighted by Gasteiger charge is 2.50. The molecule has 66 heavy (non-hydrogen) atoms. The van der Waals surface area contributed by atoms with Gasteiger partial charge in [-0.05, 0) is 51.3 Å². The molecule has 1 fully saturated rings. The van der Waals surface area contributed by atoms with Crippen LogP contribution in [0.4, 0.5) is 5.13 Å². The van der Waals surface area contributed by atoms with Gasteiger partial charge in [-0.2, -0.15) is 4.73 Å². The molecule has 1 unspecified atom stereocenters. The molecular weight excluding hydrogens is 873 g/mol. The summed E-state index contributed by atoms with van der Waals surface area (Å²) in [6.45, 7) is 6.77. The SMILES string of the molecule is CC(C)(C)OC(=O)C(C)(C)ON=C(C(=O)NC1CN2CC(C(=O)NCc3cc(=O)c(O)cn3O)=C(C(=O)O)N2C1=O)c1csc(NC(c2ccccc2)(c2ccccc2)c2ccccc2)n1. The minimum atomic E-state index is -1.72. The zero-order valence-electron chi connectivity index (χ0n) is 36.3. The minimum absolute atomic E-state index is 0.00123. The Balaban J connectivity index is 1.19. The summed E-state index contributed by atoms with van der Waals surface area (Å²) in [5, 5.41) is 46.6. The van der Waals surface area contributed by atoms with Crippen LogP contribution in [-0.2, 0) is 45.6 Å². The Morgan fingerprint density at radius 3 is 2.02 bits per heavy atom. The van der Waals surface area contributed by atoms with Crippen LogP contribution in [0.5, 0.6) is 5.75 Å². The fourth-order valence-corrected chi connectivity index (χ4v) is 8.06. The van der Waals surface area contributed by atoms with E-state index in [0.29, 0.717) is 9.86 Å². The van der Waals surface area contributed by atoms with Crippen LogP contribution in [0.3, 0.4) is 0 Å². The second-order valence-electron chi connectivity index (χ2n) is 16.8. The summed E-state index contributed by atoms with van der Waals surface area (Å²) in [5.41, 5.74) is -3.31. The number of pyridine rings is 1. The van der Waals surface area contributed by atoms with Gasteiger partial charge in [0.2, 0.25) is 11.0 Å². The van der Waals surface area contributed by atoms with E-state index in [1.165, 1.54) is 18.9 Å². The van der Waals surface area contributed by atoms with Crippen molar-refractivity contribution in [1.29, 1.82) is 0 Å². The summed E-state index contributed by atoms with van der Waals surface area (Å²) < 4.78 is 5.95. The van der Waals surface area contributed by atoms with Crippen LogP contribution in [0.1, 0.15) is 62.7 Å². The van der Waals surface area contributed by atoms with E-state index in [1.807, 2.05) is 91.0 Å². The van der Waals surface area contributed by atoms with Gasteiger partial charge in [0.15, 0.2) is 22.3 Å². The first kappa shape index (κ1) is 46.2. The van der Waals surface area contributed by atoms with Gasteiger partial charge in [0.05, 0.1) is 30.6 Å². The van der Waals surface area contributed by atoms with Crippen LogP contribution in [-0.4, -0.2) is 101 Å². The molecule has 5 aromatic rings. The highest BCUT2D eigenvalue weighted by molar-refractivity contribution is 7.14. The van der Waals surface area contributed by atoms with Gasteiger partial charge in [-0.1, -0.05) is 96.2 Å². The highest BCUT2D eigenvalue weighted by atomic mass is 32.1. The van der Waals surface area contributed by atoms with Gasteiger partial charge in [0.1, 0.15) is 22.9 Å². The van der Waals surface area contributed by atoms with Crippen molar-refractivity contribution in [2.24, 2.45) is 5.16 Å². The quantitative estimate of drug-likeness (QED) is 0.0288. The number of amides is 3. The normalized spacial score (nSPS) is 15.6. The van der Waals surface area contributed by atoms with E-state index in [0.717, 1.165) is 45.3 Å². The lowest BCUT2D eigenvalue weighted by molar-refractivity contribution is -0.179. The van der Waals surface area contributed by atoms with Crippen molar-refractivity contribution in [3.63, 3.8) is 0 Å². The summed E-state index contributed by atoms with van der Waals surface area (Å²) >= 11 is 1.16. The molecule has 3 amide bonds. The highest BCUT2D eigenvalue weighted by Crippen LogP contribution is 2.41. The van der Waals surface area contributed by atoms with Gasteiger partial charge in [-0.3, -0.25) is 19.2 Å². The minimum Gasteiger partial charge on any atom is -0.503 e. The van der Waals surface area contributed by atoms with Crippen molar-refractivity contribution in [3.05, 3.63) is 158 Å². The second kappa shape index (κ2) is 18.3. The number of aromatic hydroxyl groups is 1. The lowest BCUT2D eigenvalue weighted by Gasteiger charge is -2.36.